The van der Waals surface area contributed by atoms with E-state index >= 15 is 0 Å². The Morgan fingerprint density at radius 3 is 2.69 bits per heavy atom. The lowest BCUT2D eigenvalue weighted by atomic mass is 9.86. The first kappa shape index (κ1) is 20.0. The third-order valence-corrected chi connectivity index (χ3v) is 6.27. The molecule has 2 aromatic rings. The number of hydrogen-bond donors (Lipinski definition) is 2. The van der Waals surface area contributed by atoms with Crippen molar-refractivity contribution in [2.24, 2.45) is 0 Å². The van der Waals surface area contributed by atoms with Crippen LogP contribution in [0, 0.1) is 6.92 Å². The first-order valence-corrected chi connectivity index (χ1v) is 10.7. The Kier molecular flexibility index (Phi) is 5.66. The number of fused-ring (bicyclic) bond motifs is 1. The van der Waals surface area contributed by atoms with Crippen LogP contribution in [0.4, 0.5) is 11.5 Å². The number of nitrogens with one attached hydrogen (secondary N) is 2. The second kappa shape index (κ2) is 8.21. The monoisotopic (exact) mass is 408 g/mol. The molecule has 1 fully saturated rings. The molecule has 0 unspecified atom stereocenters. The molecule has 2 aliphatic heterocycles. The van der Waals surface area contributed by atoms with Gasteiger partial charge in [0.2, 0.25) is 0 Å². The number of anilines is 2. The number of halogens is 1. The average Bonchev–Trinajstić information content (AvgIpc) is 2.68. The van der Waals surface area contributed by atoms with Gasteiger partial charge in [0, 0.05) is 29.2 Å². The van der Waals surface area contributed by atoms with Crippen molar-refractivity contribution in [1.82, 2.24) is 15.2 Å². The summed E-state index contributed by atoms with van der Waals surface area (Å²) in [5.74, 6) is 1.37. The maximum absolute atomic E-state index is 6.25. The molecular formula is C24H29ClN4. The number of aryl methyl sites for hydroxylation is 1. The van der Waals surface area contributed by atoms with Gasteiger partial charge in [-0.15, -0.1) is 0 Å². The number of hydrogen-bond acceptors (Lipinski definition) is 4. The smallest absolute Gasteiger partial charge is 0.142 e. The fourth-order valence-corrected chi connectivity index (χ4v) is 4.65. The highest BCUT2D eigenvalue weighted by molar-refractivity contribution is 6.29. The van der Waals surface area contributed by atoms with Crippen molar-refractivity contribution >= 4 is 34.9 Å². The second-order valence-corrected chi connectivity index (χ2v) is 8.70. The molecule has 4 rings (SSSR count). The van der Waals surface area contributed by atoms with Gasteiger partial charge >= 0.3 is 0 Å². The molecule has 0 bridgehead atoms. The minimum absolute atomic E-state index is 0.468. The highest BCUT2D eigenvalue weighted by atomic mass is 35.5. The third-order valence-electron chi connectivity index (χ3n) is 6.07. The molecule has 1 saturated heterocycles. The molecule has 0 atom stereocenters. The fraction of sp³-hybridized carbons (Fsp3) is 0.375. The summed E-state index contributed by atoms with van der Waals surface area (Å²) in [6.45, 7) is 13.3. The van der Waals surface area contributed by atoms with Gasteiger partial charge in [-0.25, -0.2) is 4.98 Å². The van der Waals surface area contributed by atoms with Crippen molar-refractivity contribution in [3.05, 3.63) is 64.5 Å². The number of nitrogens with zero attached hydrogens (tertiary/aromatic N) is 2. The summed E-state index contributed by atoms with van der Waals surface area (Å²) in [7, 11) is 0. The van der Waals surface area contributed by atoms with Crippen LogP contribution in [0.3, 0.4) is 0 Å². The Morgan fingerprint density at radius 2 is 2.00 bits per heavy atom. The van der Waals surface area contributed by atoms with E-state index in [1.807, 2.05) is 18.3 Å². The fourth-order valence-electron chi connectivity index (χ4n) is 4.45. The van der Waals surface area contributed by atoms with Crippen molar-refractivity contribution in [3.8, 4) is 0 Å². The normalized spacial score (nSPS) is 17.3. The average molecular weight is 409 g/mol. The zero-order chi connectivity index (χ0) is 20.5. The Hall–Kier alpha value is -2.30. The maximum Gasteiger partial charge on any atom is 0.142 e. The largest absolute Gasteiger partial charge is 0.362 e. The zero-order valence-corrected chi connectivity index (χ0v) is 18.2. The Bertz CT molecular complexity index is 956. The molecule has 5 heteroatoms. The number of likely N-dealkylation sites (tertiary alicyclic amines) is 1. The van der Waals surface area contributed by atoms with Gasteiger partial charge in [-0.2, -0.15) is 0 Å². The lowest BCUT2D eigenvalue weighted by Gasteiger charge is -2.35. The van der Waals surface area contributed by atoms with Crippen LogP contribution in [-0.2, 0) is 0 Å². The Morgan fingerprint density at radius 1 is 1.24 bits per heavy atom. The number of pyridine rings is 1. The van der Waals surface area contributed by atoms with Crippen LogP contribution in [0.1, 0.15) is 54.9 Å². The molecule has 4 nitrogen and oxygen atoms in total. The summed E-state index contributed by atoms with van der Waals surface area (Å²) < 4.78 is 0. The predicted octanol–water partition coefficient (Wildman–Crippen LogP) is 5.92. The van der Waals surface area contributed by atoms with Crippen LogP contribution in [0.15, 0.2) is 37.0 Å². The molecule has 1 aromatic heterocycles. The van der Waals surface area contributed by atoms with Gasteiger partial charge in [-0.3, -0.25) is 0 Å². The van der Waals surface area contributed by atoms with E-state index in [1.54, 1.807) is 0 Å². The van der Waals surface area contributed by atoms with E-state index in [-0.39, 0.29) is 0 Å². The van der Waals surface area contributed by atoms with Crippen LogP contribution < -0.4 is 10.6 Å². The molecule has 0 spiro atoms. The van der Waals surface area contributed by atoms with E-state index in [9.17, 15) is 0 Å². The maximum atomic E-state index is 6.25. The number of benzene rings is 1. The SMILES string of the molecule is C=C1NC=Cc2cc(Cl)nc(Nc3ccc(C4CCN(C(C)C)CC4)c(C)c3)c21. The molecule has 152 valence electrons. The van der Waals surface area contributed by atoms with E-state index in [0.29, 0.717) is 17.1 Å². The van der Waals surface area contributed by atoms with Crippen molar-refractivity contribution in [2.75, 3.05) is 18.4 Å². The van der Waals surface area contributed by atoms with E-state index in [0.717, 1.165) is 28.3 Å². The van der Waals surface area contributed by atoms with Crippen LogP contribution in [0.25, 0.3) is 11.8 Å². The summed E-state index contributed by atoms with van der Waals surface area (Å²) in [5.41, 5.74) is 6.60. The van der Waals surface area contributed by atoms with Gasteiger partial charge in [-0.05, 0) is 93.6 Å². The molecule has 2 aliphatic rings. The van der Waals surface area contributed by atoms with Crippen LogP contribution in [0.5, 0.6) is 0 Å². The minimum atomic E-state index is 0.468. The van der Waals surface area contributed by atoms with Gasteiger partial charge in [-0.1, -0.05) is 24.2 Å². The molecule has 0 radical (unpaired) electrons. The van der Waals surface area contributed by atoms with Gasteiger partial charge in [0.1, 0.15) is 11.0 Å². The van der Waals surface area contributed by atoms with Gasteiger partial charge < -0.3 is 15.5 Å². The van der Waals surface area contributed by atoms with Crippen LogP contribution in [0.2, 0.25) is 5.15 Å². The van der Waals surface area contributed by atoms with Crippen LogP contribution in [-0.4, -0.2) is 29.0 Å². The molecule has 3 heterocycles. The van der Waals surface area contributed by atoms with E-state index in [4.69, 9.17) is 11.6 Å². The molecule has 2 N–H and O–H groups in total. The van der Waals surface area contributed by atoms with Crippen molar-refractivity contribution in [3.63, 3.8) is 0 Å². The van der Waals surface area contributed by atoms with E-state index in [2.05, 4.69) is 66.1 Å². The number of piperidine rings is 1. The molecule has 0 saturated carbocycles. The minimum Gasteiger partial charge on any atom is -0.362 e. The second-order valence-electron chi connectivity index (χ2n) is 8.31. The van der Waals surface area contributed by atoms with Crippen molar-refractivity contribution in [1.29, 1.82) is 0 Å². The molecular weight excluding hydrogens is 380 g/mol. The summed E-state index contributed by atoms with van der Waals surface area (Å²) in [6, 6.07) is 9.15. The standard InChI is InChI=1S/C24H29ClN4/c1-15(2)29-11-8-18(9-12-29)21-6-5-20(13-16(21)3)27-24-23-17(4)26-10-7-19(23)14-22(25)28-24/h5-7,10,13-15,18,26H,4,8-9,11-12H2,1-3H3,(H,27,28). The van der Waals surface area contributed by atoms with E-state index in [1.165, 1.54) is 37.1 Å². The predicted molar refractivity (Wildman–Crippen MR) is 124 cm³/mol. The summed E-state index contributed by atoms with van der Waals surface area (Å²) >= 11 is 6.25. The molecule has 1 aromatic carbocycles. The van der Waals surface area contributed by atoms with Gasteiger partial charge in [0.05, 0.1) is 0 Å². The third kappa shape index (κ3) is 4.19. The molecule has 0 aliphatic carbocycles. The molecule has 0 amide bonds. The quantitative estimate of drug-likeness (QED) is 0.616. The lowest BCUT2D eigenvalue weighted by molar-refractivity contribution is 0.171. The van der Waals surface area contributed by atoms with Gasteiger partial charge in [0.25, 0.3) is 0 Å². The number of aromatic nitrogens is 1. The Labute approximate surface area is 178 Å². The lowest BCUT2D eigenvalue weighted by Crippen LogP contribution is -2.37. The first-order chi connectivity index (χ1) is 13.9. The summed E-state index contributed by atoms with van der Waals surface area (Å²) in [4.78, 5) is 7.09. The Balaban J connectivity index is 1.55. The molecule has 29 heavy (non-hydrogen) atoms. The highest BCUT2D eigenvalue weighted by Gasteiger charge is 2.23. The zero-order valence-electron chi connectivity index (χ0n) is 17.4. The summed E-state index contributed by atoms with van der Waals surface area (Å²) in [5, 5.41) is 7.08. The summed E-state index contributed by atoms with van der Waals surface area (Å²) in [6.07, 6.45) is 6.31. The first-order valence-electron chi connectivity index (χ1n) is 10.4. The van der Waals surface area contributed by atoms with E-state index < -0.39 is 0 Å². The van der Waals surface area contributed by atoms with Crippen molar-refractivity contribution < 1.29 is 0 Å². The van der Waals surface area contributed by atoms with Crippen molar-refractivity contribution in [2.45, 2.75) is 45.6 Å². The van der Waals surface area contributed by atoms with Gasteiger partial charge in [0.15, 0.2) is 0 Å². The van der Waals surface area contributed by atoms with Crippen LogP contribution >= 0.6 is 11.6 Å². The highest BCUT2D eigenvalue weighted by Crippen LogP contribution is 2.35. The topological polar surface area (TPSA) is 40.2 Å². The number of rotatable bonds is 4.